The van der Waals surface area contributed by atoms with Crippen LogP contribution in [0.25, 0.3) is 10.9 Å². The van der Waals surface area contributed by atoms with Crippen LogP contribution in [0.3, 0.4) is 0 Å². The number of unbranched alkanes of at least 4 members (excludes halogenated alkanes) is 1. The number of nitrogens with one attached hydrogen (secondary N) is 6. The van der Waals surface area contributed by atoms with Crippen LogP contribution < -0.4 is 43.8 Å². The number of imidazole rings is 1. The summed E-state index contributed by atoms with van der Waals surface area (Å²) in [4.78, 5) is 93.0. The predicted molar refractivity (Wildman–Crippen MR) is 288 cm³/mol. The maximum absolute atomic E-state index is 14.9. The van der Waals surface area contributed by atoms with Gasteiger partial charge in [-0.3, -0.25) is 28.8 Å². The molecule has 17 heteroatoms. The molecule has 0 aliphatic carbocycles. The molecule has 0 bridgehead atoms. The number of primary amides is 1. The monoisotopic (exact) mass is 1010 g/mol. The molecule has 0 aliphatic rings. The van der Waals surface area contributed by atoms with Gasteiger partial charge in [0.05, 0.1) is 18.1 Å². The summed E-state index contributed by atoms with van der Waals surface area (Å²) in [6, 6.07) is 35.9. The summed E-state index contributed by atoms with van der Waals surface area (Å²) in [6.07, 6.45) is 6.95. The molecule has 12 N–H and O–H groups in total. The van der Waals surface area contributed by atoms with Gasteiger partial charge in [-0.25, -0.2) is 4.98 Å². The number of benzene rings is 5. The average Bonchev–Trinajstić information content (AvgIpc) is 4.04. The third-order valence-corrected chi connectivity index (χ3v) is 13.0. The molecule has 5 aromatic carbocycles. The summed E-state index contributed by atoms with van der Waals surface area (Å²) >= 11 is 0. The van der Waals surface area contributed by atoms with Gasteiger partial charge < -0.3 is 53.3 Å². The average molecular weight is 1010 g/mol. The Balaban J connectivity index is 1.14. The second kappa shape index (κ2) is 27.0. The van der Waals surface area contributed by atoms with Crippen LogP contribution in [0, 0.1) is 6.92 Å². The molecule has 0 unspecified atom stereocenters. The number of nitrogens with zero attached hydrogens (tertiary/aromatic N) is 2. The Morgan fingerprint density at radius 1 is 0.547 bits per heavy atom. The van der Waals surface area contributed by atoms with E-state index in [0.29, 0.717) is 54.7 Å². The molecular weight excluding hydrogens is 947 g/mol. The van der Waals surface area contributed by atoms with Crippen LogP contribution in [0.2, 0.25) is 0 Å². The van der Waals surface area contributed by atoms with Crippen LogP contribution in [0.4, 0.5) is 0 Å². The number of para-hydroxylation sites is 1. The number of amides is 6. The number of aryl methyl sites for hydroxylation is 1. The Kier molecular flexibility index (Phi) is 19.6. The number of fused-ring (bicyclic) bond motifs is 1. The van der Waals surface area contributed by atoms with Gasteiger partial charge >= 0.3 is 0 Å². The summed E-state index contributed by atoms with van der Waals surface area (Å²) in [7, 11) is 0. The number of H-pyrrole nitrogens is 1. The van der Waals surface area contributed by atoms with E-state index in [4.69, 9.17) is 17.2 Å². The molecule has 75 heavy (non-hydrogen) atoms. The van der Waals surface area contributed by atoms with Crippen molar-refractivity contribution < 1.29 is 28.8 Å². The Morgan fingerprint density at radius 2 is 1.01 bits per heavy atom. The zero-order valence-corrected chi connectivity index (χ0v) is 42.1. The minimum absolute atomic E-state index is 0.000372. The highest BCUT2D eigenvalue weighted by atomic mass is 16.2. The van der Waals surface area contributed by atoms with Crippen LogP contribution in [0.15, 0.2) is 158 Å². The quantitative estimate of drug-likeness (QED) is 0.0340. The summed E-state index contributed by atoms with van der Waals surface area (Å²) in [5, 5.41) is 15.2. The van der Waals surface area contributed by atoms with Crippen LogP contribution in [0.1, 0.15) is 58.3 Å². The highest BCUT2D eigenvalue weighted by molar-refractivity contribution is 5.97. The molecule has 6 amide bonds. The van der Waals surface area contributed by atoms with Gasteiger partial charge in [-0.2, -0.15) is 0 Å². The zero-order valence-electron chi connectivity index (χ0n) is 42.1. The largest absolute Gasteiger partial charge is 0.368 e. The van der Waals surface area contributed by atoms with Crippen molar-refractivity contribution in [2.75, 3.05) is 6.54 Å². The van der Waals surface area contributed by atoms with E-state index in [-0.39, 0.29) is 32.1 Å². The van der Waals surface area contributed by atoms with E-state index in [1.165, 1.54) is 0 Å². The molecule has 2 heterocycles. The van der Waals surface area contributed by atoms with Crippen LogP contribution in [-0.2, 0) is 67.4 Å². The van der Waals surface area contributed by atoms with Gasteiger partial charge in [-0.15, -0.1) is 0 Å². The Morgan fingerprint density at radius 3 is 1.55 bits per heavy atom. The summed E-state index contributed by atoms with van der Waals surface area (Å²) in [6.45, 7) is 2.92. The summed E-state index contributed by atoms with van der Waals surface area (Å²) in [5.41, 5.74) is 24.2. The lowest BCUT2D eigenvalue weighted by Gasteiger charge is -2.27. The topological polar surface area (TPSA) is 274 Å². The first-order valence-electron chi connectivity index (χ1n) is 25.3. The van der Waals surface area contributed by atoms with Crippen molar-refractivity contribution in [3.05, 3.63) is 197 Å². The molecule has 0 saturated heterocycles. The number of carbonyl (C=O) groups is 6. The lowest BCUT2D eigenvalue weighted by atomic mass is 9.99. The predicted octanol–water partition coefficient (Wildman–Crippen LogP) is 3.60. The number of nitrogens with two attached hydrogens (primary N) is 3. The van der Waals surface area contributed by atoms with E-state index in [1.54, 1.807) is 30.9 Å². The highest BCUT2D eigenvalue weighted by Gasteiger charge is 2.34. The van der Waals surface area contributed by atoms with Crippen molar-refractivity contribution in [3.8, 4) is 0 Å². The van der Waals surface area contributed by atoms with Crippen molar-refractivity contribution >= 4 is 46.3 Å². The van der Waals surface area contributed by atoms with Gasteiger partial charge in [0.15, 0.2) is 0 Å². The lowest BCUT2D eigenvalue weighted by Crippen LogP contribution is -2.60. The van der Waals surface area contributed by atoms with Crippen molar-refractivity contribution in [3.63, 3.8) is 0 Å². The van der Waals surface area contributed by atoms with E-state index in [0.717, 1.165) is 27.6 Å². The lowest BCUT2D eigenvalue weighted by molar-refractivity contribution is -0.135. The molecule has 0 radical (unpaired) electrons. The molecular formula is C58H67N11O6. The fraction of sp³-hybridized carbons (Fsp3) is 0.293. The molecule has 0 fully saturated rings. The van der Waals surface area contributed by atoms with Gasteiger partial charge in [-0.05, 0) is 60.2 Å². The minimum Gasteiger partial charge on any atom is -0.368 e. The Bertz CT molecular complexity index is 2980. The fourth-order valence-electron chi connectivity index (χ4n) is 8.85. The molecule has 6 atom stereocenters. The molecule has 390 valence electrons. The summed E-state index contributed by atoms with van der Waals surface area (Å²) in [5.74, 6) is -4.05. The van der Waals surface area contributed by atoms with Crippen molar-refractivity contribution in [2.45, 2.75) is 101 Å². The molecule has 17 nitrogen and oxygen atoms in total. The minimum atomic E-state index is -1.28. The maximum Gasteiger partial charge on any atom is 0.243 e. The third-order valence-electron chi connectivity index (χ3n) is 13.0. The Labute approximate surface area is 436 Å². The van der Waals surface area contributed by atoms with E-state index in [9.17, 15) is 28.8 Å². The van der Waals surface area contributed by atoms with Gasteiger partial charge in [-0.1, -0.05) is 145 Å². The van der Waals surface area contributed by atoms with Gasteiger partial charge in [0.25, 0.3) is 0 Å². The van der Waals surface area contributed by atoms with E-state index in [1.807, 2.05) is 139 Å². The number of rotatable bonds is 27. The number of hydrogen-bond acceptors (Lipinski definition) is 9. The zero-order chi connectivity index (χ0) is 53.1. The molecule has 7 rings (SSSR count). The fourth-order valence-corrected chi connectivity index (χ4v) is 8.85. The Hall–Kier alpha value is -8.41. The number of carbonyl (C=O) groups excluding carboxylic acids is 6. The second-order valence-corrected chi connectivity index (χ2v) is 19.0. The highest BCUT2D eigenvalue weighted by Crippen LogP contribution is 2.20. The van der Waals surface area contributed by atoms with Gasteiger partial charge in [0.2, 0.25) is 35.4 Å². The standard InChI is InChI=1S/C58H67N11O6/c1-38-24-26-41(27-25-38)31-51(57(74)66-49(29-39-15-5-2-6-16-39)55(72)64-48(53(61)70)33-44-36-69(37-63-44)35-42-19-9-4-10-20-42)67-56(73)50(30-40-17-7-3-8-18-40)68-58(75)52(65-54(71)46(60)22-13-14-28-59)32-43-34-62-47-23-12-11-21-45(43)47/h2-12,15-21,23-27,34,36-37,46,48-52,62H,13-14,22,28-33,35,59-60H2,1H3,(H2,61,70)(H,64,72)(H,65,71)(H,66,74)(H,67,73)(H,68,75)/t46-,48-,49+,50+,51-,52+/m0/s1. The van der Waals surface area contributed by atoms with Crippen molar-refractivity contribution in [1.29, 1.82) is 0 Å². The van der Waals surface area contributed by atoms with Gasteiger partial charge in [0.1, 0.15) is 30.2 Å². The number of hydrogen-bond donors (Lipinski definition) is 9. The first-order valence-corrected chi connectivity index (χ1v) is 25.3. The third kappa shape index (κ3) is 16.3. The maximum atomic E-state index is 14.9. The van der Waals surface area contributed by atoms with E-state index < -0.39 is 71.7 Å². The second-order valence-electron chi connectivity index (χ2n) is 19.0. The summed E-state index contributed by atoms with van der Waals surface area (Å²) < 4.78 is 1.87. The molecule has 7 aromatic rings. The van der Waals surface area contributed by atoms with Crippen LogP contribution in [0.5, 0.6) is 0 Å². The number of aromatic amines is 1. The normalized spacial score (nSPS) is 13.6. The van der Waals surface area contributed by atoms with E-state index in [2.05, 4.69) is 36.6 Å². The van der Waals surface area contributed by atoms with Crippen LogP contribution >= 0.6 is 0 Å². The van der Waals surface area contributed by atoms with Crippen molar-refractivity contribution in [2.24, 2.45) is 17.2 Å². The first-order chi connectivity index (χ1) is 36.3. The SMILES string of the molecule is Cc1ccc(C[C@H](NC(=O)[C@@H](Cc2ccccc2)NC(=O)[C@@H](Cc2c[nH]c3ccccc23)NC(=O)[C@@H](N)CCCCN)C(=O)N[C@H](Cc2ccccc2)C(=O)N[C@@H](Cc2cn(Cc3ccccc3)cn2)C(N)=O)cc1. The molecule has 0 spiro atoms. The van der Waals surface area contributed by atoms with Crippen LogP contribution in [-0.4, -0.2) is 92.8 Å². The smallest absolute Gasteiger partial charge is 0.243 e. The molecule has 2 aromatic heterocycles. The van der Waals surface area contributed by atoms with Crippen molar-refractivity contribution in [1.82, 2.24) is 41.1 Å². The number of aromatic nitrogens is 3. The van der Waals surface area contributed by atoms with E-state index >= 15 is 0 Å². The molecule has 0 saturated carbocycles. The van der Waals surface area contributed by atoms with Gasteiger partial charge in [0, 0.05) is 61.9 Å². The first kappa shape index (κ1) is 54.4. The molecule has 0 aliphatic heterocycles.